The van der Waals surface area contributed by atoms with Crippen LogP contribution in [-0.4, -0.2) is 20.2 Å². The highest BCUT2D eigenvalue weighted by Crippen LogP contribution is 2.35. The van der Waals surface area contributed by atoms with Gasteiger partial charge in [0.05, 0.1) is 0 Å². The highest BCUT2D eigenvalue weighted by atomic mass is 32.2. The van der Waals surface area contributed by atoms with Crippen LogP contribution in [0.15, 0.2) is 46.3 Å². The standard InChI is InChI=1S/C13H12N2O5S/c16-10-4-5-14-7-12(10)21(17,18)15-6-9-2-1-3-11-13(9)20-8-19-11/h1-5,7,15H,6,8H2,(H,14,16). The minimum atomic E-state index is -3.90. The fraction of sp³-hybridized carbons (Fsp3) is 0.154. The first kappa shape index (κ1) is 13.7. The van der Waals surface area contributed by atoms with Crippen molar-refractivity contribution in [2.24, 2.45) is 0 Å². The molecule has 1 aromatic carbocycles. The summed E-state index contributed by atoms with van der Waals surface area (Å²) in [6, 6.07) is 6.37. The number of fused-ring (bicyclic) bond motifs is 1. The third-order valence-electron chi connectivity index (χ3n) is 3.01. The highest BCUT2D eigenvalue weighted by Gasteiger charge is 2.21. The van der Waals surface area contributed by atoms with Crippen LogP contribution in [0, 0.1) is 0 Å². The minimum absolute atomic E-state index is 0.00318. The number of hydrogen-bond acceptors (Lipinski definition) is 5. The van der Waals surface area contributed by atoms with Crippen LogP contribution in [0.3, 0.4) is 0 Å². The van der Waals surface area contributed by atoms with E-state index in [1.165, 1.54) is 6.20 Å². The van der Waals surface area contributed by atoms with Crippen molar-refractivity contribution in [2.75, 3.05) is 6.79 Å². The third kappa shape index (κ3) is 2.63. The van der Waals surface area contributed by atoms with Gasteiger partial charge in [0.25, 0.3) is 0 Å². The van der Waals surface area contributed by atoms with Gasteiger partial charge in [-0.05, 0) is 6.07 Å². The molecule has 0 saturated carbocycles. The molecule has 1 aromatic heterocycles. The van der Waals surface area contributed by atoms with Gasteiger partial charge in [-0.2, -0.15) is 0 Å². The predicted molar refractivity (Wildman–Crippen MR) is 73.7 cm³/mol. The molecule has 0 bridgehead atoms. The Morgan fingerprint density at radius 3 is 2.90 bits per heavy atom. The summed E-state index contributed by atoms with van der Waals surface area (Å²) in [5, 5.41) is 0. The Hall–Kier alpha value is -2.32. The Morgan fingerprint density at radius 1 is 1.24 bits per heavy atom. The number of aromatic nitrogens is 1. The molecule has 0 saturated heterocycles. The van der Waals surface area contributed by atoms with Crippen LogP contribution in [0.1, 0.15) is 5.56 Å². The summed E-state index contributed by atoms with van der Waals surface area (Å²) in [6.45, 7) is 0.112. The van der Waals surface area contributed by atoms with Gasteiger partial charge in [0.2, 0.25) is 22.2 Å². The molecule has 7 nitrogen and oxygen atoms in total. The zero-order valence-corrected chi connectivity index (χ0v) is 11.6. The molecule has 2 N–H and O–H groups in total. The molecule has 0 atom stereocenters. The molecule has 1 aliphatic rings. The van der Waals surface area contributed by atoms with Crippen molar-refractivity contribution in [3.05, 3.63) is 52.4 Å². The number of nitrogens with one attached hydrogen (secondary N) is 2. The van der Waals surface area contributed by atoms with E-state index in [1.807, 2.05) is 0 Å². The summed E-state index contributed by atoms with van der Waals surface area (Å²) >= 11 is 0. The van der Waals surface area contributed by atoms with Crippen LogP contribution in [0.4, 0.5) is 0 Å². The van der Waals surface area contributed by atoms with Gasteiger partial charge in [-0.25, -0.2) is 13.1 Å². The number of pyridine rings is 1. The second kappa shape index (κ2) is 5.23. The van der Waals surface area contributed by atoms with Crippen LogP contribution in [0.5, 0.6) is 11.5 Å². The SMILES string of the molecule is O=c1cc[nH]cc1S(=O)(=O)NCc1cccc2c1OCO2. The van der Waals surface area contributed by atoms with Crippen molar-refractivity contribution in [1.82, 2.24) is 9.71 Å². The fourth-order valence-electron chi connectivity index (χ4n) is 1.99. The number of benzene rings is 1. The van der Waals surface area contributed by atoms with Gasteiger partial charge in [-0.3, -0.25) is 4.79 Å². The van der Waals surface area contributed by atoms with Crippen LogP contribution in [-0.2, 0) is 16.6 Å². The first-order valence-electron chi connectivity index (χ1n) is 6.12. The Labute approximate surface area is 120 Å². The maximum Gasteiger partial charge on any atom is 0.246 e. The van der Waals surface area contributed by atoms with Gasteiger partial charge in [0.1, 0.15) is 4.90 Å². The predicted octanol–water partition coefficient (Wildman–Crippen LogP) is 0.582. The van der Waals surface area contributed by atoms with E-state index < -0.39 is 15.5 Å². The van der Waals surface area contributed by atoms with Crippen LogP contribution >= 0.6 is 0 Å². The summed E-state index contributed by atoms with van der Waals surface area (Å²) in [5.41, 5.74) is 0.0695. The fourth-order valence-corrected chi connectivity index (χ4v) is 3.05. The second-order valence-electron chi connectivity index (χ2n) is 4.35. The van der Waals surface area contributed by atoms with Crippen molar-refractivity contribution < 1.29 is 17.9 Å². The molecule has 1 aliphatic heterocycles. The number of sulfonamides is 1. The highest BCUT2D eigenvalue weighted by molar-refractivity contribution is 7.89. The normalized spacial score (nSPS) is 13.3. The summed E-state index contributed by atoms with van der Waals surface area (Å²) in [5.74, 6) is 1.09. The number of rotatable bonds is 4. The molecule has 8 heteroatoms. The van der Waals surface area contributed by atoms with E-state index in [4.69, 9.17) is 9.47 Å². The molecule has 2 aromatic rings. The van der Waals surface area contributed by atoms with E-state index in [-0.39, 0.29) is 18.2 Å². The van der Waals surface area contributed by atoms with Crippen molar-refractivity contribution in [1.29, 1.82) is 0 Å². The Kier molecular flexibility index (Phi) is 3.40. The van der Waals surface area contributed by atoms with E-state index >= 15 is 0 Å². The molecule has 0 spiro atoms. The molecule has 110 valence electrons. The molecular formula is C13H12N2O5S. The lowest BCUT2D eigenvalue weighted by Gasteiger charge is -2.08. The molecular weight excluding hydrogens is 296 g/mol. The van der Waals surface area contributed by atoms with Crippen LogP contribution in [0.2, 0.25) is 0 Å². The van der Waals surface area contributed by atoms with Crippen LogP contribution in [0.25, 0.3) is 0 Å². The lowest BCUT2D eigenvalue weighted by Crippen LogP contribution is -2.28. The minimum Gasteiger partial charge on any atom is -0.454 e. The van der Waals surface area contributed by atoms with Gasteiger partial charge >= 0.3 is 0 Å². The lowest BCUT2D eigenvalue weighted by molar-refractivity contribution is 0.173. The number of para-hydroxylation sites is 1. The van der Waals surface area contributed by atoms with Crippen molar-refractivity contribution in [2.45, 2.75) is 11.4 Å². The summed E-state index contributed by atoms with van der Waals surface area (Å²) < 4.78 is 37.1. The van der Waals surface area contributed by atoms with E-state index in [9.17, 15) is 13.2 Å². The van der Waals surface area contributed by atoms with E-state index in [0.717, 1.165) is 12.3 Å². The summed E-state index contributed by atoms with van der Waals surface area (Å²) in [7, 11) is -3.90. The maximum atomic E-state index is 12.1. The number of H-pyrrole nitrogens is 1. The van der Waals surface area contributed by atoms with E-state index in [2.05, 4.69) is 9.71 Å². The first-order chi connectivity index (χ1) is 10.1. The van der Waals surface area contributed by atoms with E-state index in [1.54, 1.807) is 18.2 Å². The molecule has 0 amide bonds. The summed E-state index contributed by atoms with van der Waals surface area (Å²) in [6.07, 6.45) is 2.52. The molecule has 2 heterocycles. The lowest BCUT2D eigenvalue weighted by atomic mass is 10.2. The van der Waals surface area contributed by atoms with Gasteiger partial charge in [-0.15, -0.1) is 0 Å². The van der Waals surface area contributed by atoms with Gasteiger partial charge in [0, 0.05) is 30.6 Å². The quantitative estimate of drug-likeness (QED) is 0.861. The van der Waals surface area contributed by atoms with Gasteiger partial charge in [-0.1, -0.05) is 12.1 Å². The van der Waals surface area contributed by atoms with Gasteiger partial charge < -0.3 is 14.5 Å². The molecule has 0 unspecified atom stereocenters. The monoisotopic (exact) mass is 308 g/mol. The average molecular weight is 308 g/mol. The Balaban J connectivity index is 1.84. The second-order valence-corrected chi connectivity index (χ2v) is 6.08. The van der Waals surface area contributed by atoms with Gasteiger partial charge in [0.15, 0.2) is 11.5 Å². The zero-order valence-electron chi connectivity index (χ0n) is 10.8. The first-order valence-corrected chi connectivity index (χ1v) is 7.60. The molecule has 0 radical (unpaired) electrons. The molecule has 3 rings (SSSR count). The third-order valence-corrected chi connectivity index (χ3v) is 4.43. The number of aromatic amines is 1. The topological polar surface area (TPSA) is 97.5 Å². The smallest absolute Gasteiger partial charge is 0.246 e. The van der Waals surface area contributed by atoms with Crippen molar-refractivity contribution in [3.63, 3.8) is 0 Å². The van der Waals surface area contributed by atoms with Crippen molar-refractivity contribution in [3.8, 4) is 11.5 Å². The zero-order chi connectivity index (χ0) is 14.9. The average Bonchev–Trinajstić information content (AvgIpc) is 2.94. The summed E-state index contributed by atoms with van der Waals surface area (Å²) in [4.78, 5) is 13.8. The van der Waals surface area contributed by atoms with E-state index in [0.29, 0.717) is 17.1 Å². The van der Waals surface area contributed by atoms with Crippen molar-refractivity contribution >= 4 is 10.0 Å². The molecule has 0 aliphatic carbocycles. The van der Waals surface area contributed by atoms with Crippen LogP contribution < -0.4 is 19.6 Å². The Morgan fingerprint density at radius 2 is 2.10 bits per heavy atom. The maximum absolute atomic E-state index is 12.1. The molecule has 21 heavy (non-hydrogen) atoms. The largest absolute Gasteiger partial charge is 0.454 e. The number of ether oxygens (including phenoxy) is 2. The molecule has 0 fully saturated rings. The number of hydrogen-bond donors (Lipinski definition) is 2. The Bertz CT molecular complexity index is 828.